The van der Waals surface area contributed by atoms with Crippen LogP contribution in [0.1, 0.15) is 11.1 Å². The summed E-state index contributed by atoms with van der Waals surface area (Å²) in [5.41, 5.74) is 4.39. The zero-order chi connectivity index (χ0) is 13.4. The molecule has 0 aliphatic heterocycles. The average molecular weight is 252 g/mol. The summed E-state index contributed by atoms with van der Waals surface area (Å²) < 4.78 is 0. The maximum absolute atomic E-state index is 10.8. The van der Waals surface area contributed by atoms with Gasteiger partial charge in [-0.3, -0.25) is 10.1 Å². The Hall–Kier alpha value is -2.78. The van der Waals surface area contributed by atoms with Crippen molar-refractivity contribution in [2.75, 3.05) is 0 Å². The minimum Gasteiger partial charge on any atom is -0.258 e. The molecule has 3 rings (SSSR count). The third-order valence-corrected chi connectivity index (χ3v) is 3.27. The lowest BCUT2D eigenvalue weighted by Gasteiger charge is -2.01. The molecule has 2 aromatic rings. The van der Waals surface area contributed by atoms with Gasteiger partial charge in [0.1, 0.15) is 0 Å². The second-order valence-electron chi connectivity index (χ2n) is 4.28. The van der Waals surface area contributed by atoms with Gasteiger partial charge in [-0.15, -0.1) is 0 Å². The number of aliphatic imine (C=N–C) groups is 1. The Kier molecular flexibility index (Phi) is 2.47. The van der Waals surface area contributed by atoms with Gasteiger partial charge >= 0.3 is 0 Å². The number of nitro benzene ring substituents is 1. The quantitative estimate of drug-likeness (QED) is 0.304. The van der Waals surface area contributed by atoms with Crippen molar-refractivity contribution in [3.05, 3.63) is 57.6 Å². The Morgan fingerprint density at radius 2 is 2.05 bits per heavy atom. The Morgan fingerprint density at radius 1 is 1.21 bits per heavy atom. The van der Waals surface area contributed by atoms with Gasteiger partial charge in [0.15, 0.2) is 0 Å². The van der Waals surface area contributed by atoms with E-state index >= 15 is 0 Å². The number of nitrogens with zero attached hydrogens (tertiary/aromatic N) is 2. The summed E-state index contributed by atoms with van der Waals surface area (Å²) in [7, 11) is 0. The predicted molar refractivity (Wildman–Crippen MR) is 69.1 cm³/mol. The first-order chi connectivity index (χ1) is 9.20. The largest absolute Gasteiger partial charge is 0.269 e. The smallest absolute Gasteiger partial charge is 0.258 e. The van der Waals surface area contributed by atoms with E-state index in [0.717, 1.165) is 22.3 Å². The molecule has 0 atom stereocenters. The van der Waals surface area contributed by atoms with E-state index in [0.29, 0.717) is 12.1 Å². The van der Waals surface area contributed by atoms with Crippen LogP contribution in [0.5, 0.6) is 0 Å². The Bertz CT molecular complexity index is 746. The second kappa shape index (κ2) is 4.15. The maximum atomic E-state index is 10.8. The molecule has 0 heterocycles. The van der Waals surface area contributed by atoms with Crippen molar-refractivity contribution in [3.8, 4) is 11.1 Å². The number of benzene rings is 2. The predicted octanol–water partition coefficient (Wildman–Crippen LogP) is 3.13. The molecule has 92 valence electrons. The van der Waals surface area contributed by atoms with E-state index in [1.165, 1.54) is 12.1 Å². The molecule has 0 amide bonds. The van der Waals surface area contributed by atoms with E-state index < -0.39 is 4.92 Å². The summed E-state index contributed by atoms with van der Waals surface area (Å²) in [6, 6.07) is 10.3. The molecular weight excluding hydrogens is 244 g/mol. The van der Waals surface area contributed by atoms with Crippen LogP contribution in [0.3, 0.4) is 0 Å². The van der Waals surface area contributed by atoms with Crippen molar-refractivity contribution >= 4 is 17.5 Å². The summed E-state index contributed by atoms with van der Waals surface area (Å²) in [6.45, 7) is 0. The van der Waals surface area contributed by atoms with Crippen LogP contribution in [0.2, 0.25) is 0 Å². The van der Waals surface area contributed by atoms with Gasteiger partial charge in [-0.25, -0.2) is 4.79 Å². The highest BCUT2D eigenvalue weighted by Gasteiger charge is 2.23. The highest BCUT2D eigenvalue weighted by molar-refractivity contribution is 5.82. The number of fused-ring (bicyclic) bond motifs is 3. The molecule has 0 saturated carbocycles. The molecule has 0 N–H and O–H groups in total. The van der Waals surface area contributed by atoms with Crippen molar-refractivity contribution in [2.45, 2.75) is 6.42 Å². The molecule has 1 aliphatic rings. The summed E-state index contributed by atoms with van der Waals surface area (Å²) >= 11 is 0. The SMILES string of the molecule is O=C=Nc1cccc2c1Cc1cc([N+](=O)[O-])ccc1-2. The van der Waals surface area contributed by atoms with Crippen molar-refractivity contribution in [1.82, 2.24) is 0 Å². The molecule has 0 bridgehead atoms. The highest BCUT2D eigenvalue weighted by atomic mass is 16.6. The third-order valence-electron chi connectivity index (χ3n) is 3.27. The minimum absolute atomic E-state index is 0.0759. The first-order valence-electron chi connectivity index (χ1n) is 5.68. The number of rotatable bonds is 2. The van der Waals surface area contributed by atoms with Crippen LogP contribution in [-0.2, 0) is 11.2 Å². The van der Waals surface area contributed by atoms with Crippen LogP contribution in [-0.4, -0.2) is 11.0 Å². The molecule has 0 fully saturated rings. The van der Waals surface area contributed by atoms with Crippen LogP contribution in [0.25, 0.3) is 11.1 Å². The first kappa shape index (κ1) is 11.3. The van der Waals surface area contributed by atoms with Gasteiger partial charge in [0, 0.05) is 18.6 Å². The number of non-ortho nitro benzene ring substituents is 1. The molecule has 19 heavy (non-hydrogen) atoms. The van der Waals surface area contributed by atoms with Crippen LogP contribution < -0.4 is 0 Å². The van der Waals surface area contributed by atoms with Crippen LogP contribution in [0, 0.1) is 10.1 Å². The molecular formula is C14H8N2O3. The van der Waals surface area contributed by atoms with Crippen molar-refractivity contribution in [1.29, 1.82) is 0 Å². The standard InChI is InChI=1S/C14H8N2O3/c17-8-15-14-3-1-2-12-11-5-4-10(16(18)19)6-9(11)7-13(12)14/h1-6H,7H2. The van der Waals surface area contributed by atoms with Crippen molar-refractivity contribution in [2.24, 2.45) is 4.99 Å². The van der Waals surface area contributed by atoms with Gasteiger partial charge in [-0.2, -0.15) is 4.99 Å². The zero-order valence-corrected chi connectivity index (χ0v) is 9.79. The van der Waals surface area contributed by atoms with Crippen LogP contribution >= 0.6 is 0 Å². The van der Waals surface area contributed by atoms with Crippen LogP contribution in [0.15, 0.2) is 41.4 Å². The topological polar surface area (TPSA) is 72.6 Å². The summed E-state index contributed by atoms with van der Waals surface area (Å²) in [5.74, 6) is 0. The Morgan fingerprint density at radius 3 is 2.79 bits per heavy atom. The molecule has 0 spiro atoms. The highest BCUT2D eigenvalue weighted by Crippen LogP contribution is 2.42. The van der Waals surface area contributed by atoms with Crippen molar-refractivity contribution in [3.63, 3.8) is 0 Å². The summed E-state index contributed by atoms with van der Waals surface area (Å²) in [5, 5.41) is 10.8. The fraction of sp³-hybridized carbons (Fsp3) is 0.0714. The van der Waals surface area contributed by atoms with E-state index in [1.54, 1.807) is 18.2 Å². The number of hydrogen-bond donors (Lipinski definition) is 0. The van der Waals surface area contributed by atoms with Gasteiger partial charge in [-0.1, -0.05) is 12.1 Å². The fourth-order valence-electron chi connectivity index (χ4n) is 2.46. The monoisotopic (exact) mass is 252 g/mol. The molecule has 2 aromatic carbocycles. The number of carbonyl (C=O) groups excluding carboxylic acids is 1. The van der Waals surface area contributed by atoms with E-state index in [-0.39, 0.29) is 5.69 Å². The van der Waals surface area contributed by atoms with Gasteiger partial charge in [0.05, 0.1) is 10.6 Å². The Balaban J connectivity index is 2.18. The van der Waals surface area contributed by atoms with Gasteiger partial charge in [0.25, 0.3) is 5.69 Å². The lowest BCUT2D eigenvalue weighted by Crippen LogP contribution is -1.89. The van der Waals surface area contributed by atoms with Gasteiger partial charge < -0.3 is 0 Å². The second-order valence-corrected chi connectivity index (χ2v) is 4.28. The van der Waals surface area contributed by atoms with E-state index in [4.69, 9.17) is 0 Å². The number of isocyanates is 1. The molecule has 0 radical (unpaired) electrons. The molecule has 5 nitrogen and oxygen atoms in total. The maximum Gasteiger partial charge on any atom is 0.269 e. The lowest BCUT2D eigenvalue weighted by atomic mass is 10.0. The van der Waals surface area contributed by atoms with Crippen molar-refractivity contribution < 1.29 is 9.72 Å². The Labute approximate surface area is 108 Å². The van der Waals surface area contributed by atoms with Gasteiger partial charge in [-0.05, 0) is 34.4 Å². The van der Waals surface area contributed by atoms with E-state index in [9.17, 15) is 14.9 Å². The van der Waals surface area contributed by atoms with Crippen LogP contribution in [0.4, 0.5) is 11.4 Å². The molecule has 5 heteroatoms. The molecule has 0 aromatic heterocycles. The molecule has 0 saturated heterocycles. The summed E-state index contributed by atoms with van der Waals surface area (Å²) in [4.78, 5) is 24.5. The lowest BCUT2D eigenvalue weighted by molar-refractivity contribution is -0.384. The first-order valence-corrected chi connectivity index (χ1v) is 5.68. The number of hydrogen-bond acceptors (Lipinski definition) is 4. The summed E-state index contributed by atoms with van der Waals surface area (Å²) in [6.07, 6.45) is 2.09. The minimum atomic E-state index is -0.409. The normalized spacial score (nSPS) is 11.4. The molecule has 1 aliphatic carbocycles. The van der Waals surface area contributed by atoms with E-state index in [2.05, 4.69) is 4.99 Å². The zero-order valence-electron chi connectivity index (χ0n) is 9.79. The van der Waals surface area contributed by atoms with Gasteiger partial charge in [0.2, 0.25) is 6.08 Å². The van der Waals surface area contributed by atoms with E-state index in [1.807, 2.05) is 12.1 Å². The fourth-order valence-corrected chi connectivity index (χ4v) is 2.46. The number of nitro groups is 1. The third kappa shape index (κ3) is 1.73. The molecule has 0 unspecified atom stereocenters. The average Bonchev–Trinajstić information content (AvgIpc) is 2.78.